The molecule has 1 aliphatic carbocycles. The van der Waals surface area contributed by atoms with Crippen molar-refractivity contribution in [3.05, 3.63) is 48.3 Å². The molecule has 0 bridgehead atoms. The molecule has 1 fully saturated rings. The van der Waals surface area contributed by atoms with Crippen LogP contribution in [0.2, 0.25) is 0 Å². The van der Waals surface area contributed by atoms with E-state index in [2.05, 4.69) is 32.1 Å². The first kappa shape index (κ1) is 22.8. The number of nitrogens with zero attached hydrogens (tertiary/aromatic N) is 4. The second kappa shape index (κ2) is 10.0. The van der Waals surface area contributed by atoms with Gasteiger partial charge in [0.25, 0.3) is 5.91 Å². The minimum absolute atomic E-state index is 0.0292. The van der Waals surface area contributed by atoms with E-state index in [1.165, 1.54) is 6.20 Å². The highest BCUT2D eigenvalue weighted by atomic mass is 16.5. The summed E-state index contributed by atoms with van der Waals surface area (Å²) in [7, 11) is 3.10. The molecule has 3 aromatic rings. The number of hydrogen-bond acceptors (Lipinski definition) is 7. The highest BCUT2D eigenvalue weighted by Gasteiger charge is 2.30. The summed E-state index contributed by atoms with van der Waals surface area (Å²) in [5.74, 6) is 0.537. The third-order valence-electron chi connectivity index (χ3n) is 5.43. The molecule has 0 spiro atoms. The molecule has 2 heterocycles. The average molecular weight is 460 g/mol. The van der Waals surface area contributed by atoms with Crippen LogP contribution in [0.3, 0.4) is 0 Å². The summed E-state index contributed by atoms with van der Waals surface area (Å²) in [5, 5.41) is 22.0. The molecule has 1 aromatic carbocycles. The number of methoxy groups -OCH3 is 1. The van der Waals surface area contributed by atoms with E-state index in [-0.39, 0.29) is 17.7 Å². The molecule has 0 unspecified atom stereocenters. The van der Waals surface area contributed by atoms with Gasteiger partial charge in [-0.25, -0.2) is 4.98 Å². The van der Waals surface area contributed by atoms with Crippen molar-refractivity contribution in [1.29, 1.82) is 5.26 Å². The molecule has 2 aromatic heterocycles. The van der Waals surface area contributed by atoms with Gasteiger partial charge in [-0.1, -0.05) is 6.07 Å². The minimum Gasteiger partial charge on any atom is -0.494 e. The van der Waals surface area contributed by atoms with Crippen molar-refractivity contribution in [2.75, 3.05) is 24.8 Å². The molecule has 2 amide bonds. The van der Waals surface area contributed by atoms with E-state index in [0.717, 1.165) is 18.4 Å². The molecule has 174 valence electrons. The summed E-state index contributed by atoms with van der Waals surface area (Å²) in [4.78, 5) is 28.9. The number of benzene rings is 1. The topological polar surface area (TPSA) is 134 Å². The van der Waals surface area contributed by atoms with Gasteiger partial charge in [0.1, 0.15) is 5.82 Å². The number of aryl methyl sites for hydroxylation is 1. The average Bonchev–Trinajstić information content (AvgIpc) is 3.60. The fourth-order valence-corrected chi connectivity index (χ4v) is 3.51. The fraction of sp³-hybridized carbons (Fsp3) is 0.292. The van der Waals surface area contributed by atoms with Crippen LogP contribution in [0.25, 0.3) is 11.3 Å². The number of carbonyl (C=O) groups excluding carboxylic acids is 2. The van der Waals surface area contributed by atoms with Crippen molar-refractivity contribution in [2.45, 2.75) is 25.8 Å². The zero-order chi connectivity index (χ0) is 24.1. The monoisotopic (exact) mass is 459 g/mol. The van der Waals surface area contributed by atoms with E-state index < -0.39 is 0 Å². The van der Waals surface area contributed by atoms with Crippen LogP contribution >= 0.6 is 0 Å². The van der Waals surface area contributed by atoms with Crippen LogP contribution in [0.4, 0.5) is 17.2 Å². The maximum Gasteiger partial charge on any atom is 0.254 e. The van der Waals surface area contributed by atoms with Gasteiger partial charge < -0.3 is 20.7 Å². The Morgan fingerprint density at radius 3 is 2.79 bits per heavy atom. The molecule has 4 rings (SSSR count). The van der Waals surface area contributed by atoms with E-state index in [1.54, 1.807) is 24.9 Å². The van der Waals surface area contributed by atoms with Gasteiger partial charge in [-0.05, 0) is 31.0 Å². The number of aromatic nitrogens is 3. The van der Waals surface area contributed by atoms with Crippen LogP contribution in [0.1, 0.15) is 29.6 Å². The van der Waals surface area contributed by atoms with Crippen molar-refractivity contribution in [2.24, 2.45) is 5.92 Å². The number of carbonyl (C=O) groups is 2. The molecule has 3 N–H and O–H groups in total. The van der Waals surface area contributed by atoms with Crippen LogP contribution in [0.5, 0.6) is 5.75 Å². The van der Waals surface area contributed by atoms with Gasteiger partial charge in [-0.2, -0.15) is 10.4 Å². The maximum atomic E-state index is 12.5. The molecule has 1 aliphatic rings. The molecule has 0 saturated heterocycles. The number of hydrogen-bond donors (Lipinski definition) is 3. The lowest BCUT2D eigenvalue weighted by Gasteiger charge is -2.17. The number of ether oxygens (including phenoxy) is 1. The molecule has 1 saturated carbocycles. The molecule has 10 nitrogen and oxygen atoms in total. The Morgan fingerprint density at radius 1 is 1.26 bits per heavy atom. The first-order chi connectivity index (χ1) is 16.5. The zero-order valence-electron chi connectivity index (χ0n) is 19.0. The molecule has 0 radical (unpaired) electrons. The van der Waals surface area contributed by atoms with Crippen LogP contribution in [0, 0.1) is 17.2 Å². The SMILES string of the molecule is CNC(=O)c1cnc(NC(=O)C2CC2)cc1Nc1cccc(-c2ccn(CCC#N)n2)c1OC. The number of rotatable bonds is 9. The largest absolute Gasteiger partial charge is 0.494 e. The lowest BCUT2D eigenvalue weighted by atomic mass is 10.1. The summed E-state index contributed by atoms with van der Waals surface area (Å²) in [6, 6.07) is 11.2. The molecular formula is C24H25N7O3. The highest BCUT2D eigenvalue weighted by molar-refractivity contribution is 6.01. The first-order valence-corrected chi connectivity index (χ1v) is 10.9. The minimum atomic E-state index is -0.318. The molecular weight excluding hydrogens is 434 g/mol. The predicted molar refractivity (Wildman–Crippen MR) is 127 cm³/mol. The summed E-state index contributed by atoms with van der Waals surface area (Å²) in [6.07, 6.45) is 5.36. The Hall–Kier alpha value is -4.39. The number of nitrogens with one attached hydrogen (secondary N) is 3. The standard InChI is InChI=1S/C24H25N7O3/c1-26-24(33)17-14-27-21(29-23(32)15-7-8-15)13-20(17)28-19-6-3-5-16(22(19)34-2)18-9-12-31(30-18)11-4-10-25/h3,5-6,9,12-15H,4,7-8,11H2,1-2H3,(H,26,33)(H2,27,28,29,32). The summed E-state index contributed by atoms with van der Waals surface area (Å²) in [5.41, 5.74) is 2.84. The van der Waals surface area contributed by atoms with Crippen molar-refractivity contribution in [1.82, 2.24) is 20.1 Å². The van der Waals surface area contributed by atoms with Crippen molar-refractivity contribution in [3.8, 4) is 23.1 Å². The maximum absolute atomic E-state index is 12.5. The van der Waals surface area contributed by atoms with Gasteiger partial charge in [-0.15, -0.1) is 0 Å². The van der Waals surface area contributed by atoms with Crippen LogP contribution in [-0.4, -0.2) is 40.7 Å². The molecule has 0 atom stereocenters. The number of amides is 2. The van der Waals surface area contributed by atoms with E-state index in [4.69, 9.17) is 10.00 Å². The Kier molecular flexibility index (Phi) is 6.73. The molecule has 0 aliphatic heterocycles. The van der Waals surface area contributed by atoms with E-state index in [9.17, 15) is 9.59 Å². The third kappa shape index (κ3) is 4.99. The van der Waals surface area contributed by atoms with Crippen LogP contribution in [0.15, 0.2) is 42.7 Å². The van der Waals surface area contributed by atoms with E-state index in [0.29, 0.717) is 47.2 Å². The van der Waals surface area contributed by atoms with Crippen molar-refractivity contribution < 1.29 is 14.3 Å². The van der Waals surface area contributed by atoms with Gasteiger partial charge in [-0.3, -0.25) is 14.3 Å². The van der Waals surface area contributed by atoms with Crippen LogP contribution < -0.4 is 20.7 Å². The fourth-order valence-electron chi connectivity index (χ4n) is 3.51. The van der Waals surface area contributed by atoms with Gasteiger partial charge in [0.15, 0.2) is 5.75 Å². The number of para-hydroxylation sites is 1. The molecule has 10 heteroatoms. The second-order valence-electron chi connectivity index (χ2n) is 7.84. The Balaban J connectivity index is 1.67. The van der Waals surface area contributed by atoms with Gasteiger partial charge in [0.05, 0.1) is 48.8 Å². The Bertz CT molecular complexity index is 1260. The first-order valence-electron chi connectivity index (χ1n) is 10.9. The van der Waals surface area contributed by atoms with Crippen molar-refractivity contribution in [3.63, 3.8) is 0 Å². The number of anilines is 3. The summed E-state index contributed by atoms with van der Waals surface area (Å²) in [6.45, 7) is 0.499. The summed E-state index contributed by atoms with van der Waals surface area (Å²) >= 11 is 0. The van der Waals surface area contributed by atoms with Gasteiger partial charge >= 0.3 is 0 Å². The lowest BCUT2D eigenvalue weighted by molar-refractivity contribution is -0.117. The summed E-state index contributed by atoms with van der Waals surface area (Å²) < 4.78 is 7.41. The third-order valence-corrected chi connectivity index (χ3v) is 5.43. The number of pyridine rings is 1. The predicted octanol–water partition coefficient (Wildman–Crippen LogP) is 3.32. The quantitative estimate of drug-likeness (QED) is 0.447. The number of nitriles is 1. The van der Waals surface area contributed by atoms with Crippen LogP contribution in [-0.2, 0) is 11.3 Å². The Morgan fingerprint density at radius 2 is 2.09 bits per heavy atom. The normalized spacial score (nSPS) is 12.5. The Labute approximate surface area is 196 Å². The lowest BCUT2D eigenvalue weighted by Crippen LogP contribution is -2.20. The highest BCUT2D eigenvalue weighted by Crippen LogP contribution is 2.38. The van der Waals surface area contributed by atoms with Gasteiger partial charge in [0.2, 0.25) is 5.91 Å². The van der Waals surface area contributed by atoms with Crippen molar-refractivity contribution >= 4 is 29.0 Å². The zero-order valence-corrected chi connectivity index (χ0v) is 19.0. The van der Waals surface area contributed by atoms with E-state index >= 15 is 0 Å². The smallest absolute Gasteiger partial charge is 0.254 e. The second-order valence-corrected chi connectivity index (χ2v) is 7.84. The molecule has 34 heavy (non-hydrogen) atoms. The van der Waals surface area contributed by atoms with Gasteiger partial charge in [0, 0.05) is 37.0 Å². The van der Waals surface area contributed by atoms with E-state index in [1.807, 2.05) is 30.5 Å².